The predicted octanol–water partition coefficient (Wildman–Crippen LogP) is 2.61. The highest BCUT2D eigenvalue weighted by atomic mass is 32.1. The summed E-state index contributed by atoms with van der Waals surface area (Å²) in [6, 6.07) is 4.93. The van der Waals surface area contributed by atoms with Gasteiger partial charge in [-0.05, 0) is 19.4 Å². The monoisotopic (exact) mass is 239 g/mol. The van der Waals surface area contributed by atoms with Crippen molar-refractivity contribution in [3.63, 3.8) is 0 Å². The highest BCUT2D eigenvalue weighted by Crippen LogP contribution is 2.28. The Morgan fingerprint density at radius 1 is 1.69 bits per heavy atom. The van der Waals surface area contributed by atoms with Crippen LogP contribution in [0.25, 0.3) is 0 Å². The molecule has 1 heterocycles. The minimum atomic E-state index is -0.464. The molecule has 6 heteroatoms. The van der Waals surface area contributed by atoms with Gasteiger partial charge in [0.2, 0.25) is 0 Å². The molecule has 0 fully saturated rings. The van der Waals surface area contributed by atoms with Crippen LogP contribution >= 0.6 is 11.3 Å². The minimum absolute atomic E-state index is 0.0706. The topological polar surface area (TPSA) is 79.0 Å². The van der Waals surface area contributed by atoms with E-state index >= 15 is 0 Å². The molecule has 1 aromatic heterocycles. The van der Waals surface area contributed by atoms with Crippen molar-refractivity contribution >= 4 is 16.3 Å². The van der Waals surface area contributed by atoms with Crippen LogP contribution in [0, 0.1) is 21.4 Å². The third kappa shape index (κ3) is 3.02. The number of hydrogen-bond donors (Lipinski definition) is 1. The minimum Gasteiger partial charge on any atom is -0.295 e. The van der Waals surface area contributed by atoms with E-state index in [0.717, 1.165) is 17.8 Å². The molecule has 0 saturated carbocycles. The molecule has 16 heavy (non-hydrogen) atoms. The molecule has 0 aliphatic carbocycles. The molecule has 86 valence electrons. The zero-order chi connectivity index (χ0) is 12.1. The second kappa shape index (κ2) is 5.58. The zero-order valence-corrected chi connectivity index (χ0v) is 9.95. The summed E-state index contributed by atoms with van der Waals surface area (Å²) < 4.78 is 0. The maximum absolute atomic E-state index is 10.5. The van der Waals surface area contributed by atoms with Gasteiger partial charge in [-0.2, -0.15) is 5.26 Å². The molecule has 1 rings (SSSR count). The number of hydrogen-bond acceptors (Lipinski definition) is 5. The first-order valence-electron chi connectivity index (χ1n) is 4.98. The summed E-state index contributed by atoms with van der Waals surface area (Å²) in [7, 11) is 0. The van der Waals surface area contributed by atoms with E-state index in [2.05, 4.69) is 11.4 Å². The van der Waals surface area contributed by atoms with Crippen molar-refractivity contribution in [2.75, 3.05) is 0 Å². The van der Waals surface area contributed by atoms with Crippen molar-refractivity contribution in [1.29, 1.82) is 5.26 Å². The van der Waals surface area contributed by atoms with E-state index < -0.39 is 11.0 Å². The molecule has 0 aliphatic heterocycles. The second-order valence-corrected chi connectivity index (χ2v) is 4.56. The van der Waals surface area contributed by atoms with E-state index in [1.54, 1.807) is 6.07 Å². The van der Waals surface area contributed by atoms with Gasteiger partial charge in [0.25, 0.3) is 0 Å². The lowest BCUT2D eigenvalue weighted by Crippen LogP contribution is -2.28. The van der Waals surface area contributed by atoms with Crippen LogP contribution in [0.1, 0.15) is 31.2 Å². The number of nitrogens with zero attached hydrogens (tertiary/aromatic N) is 2. The van der Waals surface area contributed by atoms with E-state index in [4.69, 9.17) is 5.26 Å². The van der Waals surface area contributed by atoms with Gasteiger partial charge < -0.3 is 0 Å². The van der Waals surface area contributed by atoms with Crippen LogP contribution in [-0.4, -0.2) is 11.0 Å². The van der Waals surface area contributed by atoms with Crippen LogP contribution in [0.3, 0.4) is 0 Å². The summed E-state index contributed by atoms with van der Waals surface area (Å²) in [5, 5.41) is 22.7. The predicted molar refractivity (Wildman–Crippen MR) is 62.2 cm³/mol. The molecule has 0 saturated heterocycles. The normalized spacial score (nSPS) is 14.1. The standard InChI is InChI=1S/C10H13N3O2S/c1-3-7(2)12-8(6-11)9-4-5-10(16-9)13(14)15/h4-5,7-8,12H,3H2,1-2H3. The lowest BCUT2D eigenvalue weighted by atomic mass is 10.2. The van der Waals surface area contributed by atoms with Crippen molar-refractivity contribution in [2.45, 2.75) is 32.4 Å². The zero-order valence-electron chi connectivity index (χ0n) is 9.14. The van der Waals surface area contributed by atoms with Crippen LogP contribution in [-0.2, 0) is 0 Å². The smallest absolute Gasteiger partial charge is 0.295 e. The Morgan fingerprint density at radius 3 is 2.81 bits per heavy atom. The average Bonchev–Trinajstić information content (AvgIpc) is 2.74. The third-order valence-electron chi connectivity index (χ3n) is 2.27. The lowest BCUT2D eigenvalue weighted by molar-refractivity contribution is -0.380. The van der Waals surface area contributed by atoms with Crippen LogP contribution in [0.4, 0.5) is 5.00 Å². The van der Waals surface area contributed by atoms with E-state index in [-0.39, 0.29) is 11.0 Å². The fraction of sp³-hybridized carbons (Fsp3) is 0.500. The summed E-state index contributed by atoms with van der Waals surface area (Å²) >= 11 is 1.04. The summed E-state index contributed by atoms with van der Waals surface area (Å²) in [5.41, 5.74) is 0. The summed E-state index contributed by atoms with van der Waals surface area (Å²) in [4.78, 5) is 10.8. The van der Waals surface area contributed by atoms with Crippen molar-refractivity contribution in [1.82, 2.24) is 5.32 Å². The van der Waals surface area contributed by atoms with Gasteiger partial charge in [-0.15, -0.1) is 0 Å². The molecule has 0 spiro atoms. The molecule has 0 aliphatic rings. The van der Waals surface area contributed by atoms with Crippen LogP contribution < -0.4 is 5.32 Å². The van der Waals surface area contributed by atoms with Gasteiger partial charge in [-0.1, -0.05) is 18.3 Å². The van der Waals surface area contributed by atoms with Gasteiger partial charge in [0.15, 0.2) is 0 Å². The maximum Gasteiger partial charge on any atom is 0.324 e. The molecular weight excluding hydrogens is 226 g/mol. The Bertz CT molecular complexity index is 410. The maximum atomic E-state index is 10.5. The fourth-order valence-corrected chi connectivity index (χ4v) is 2.01. The number of thiophene rings is 1. The lowest BCUT2D eigenvalue weighted by Gasteiger charge is -2.14. The van der Waals surface area contributed by atoms with Crippen LogP contribution in [0.2, 0.25) is 0 Å². The quantitative estimate of drug-likeness (QED) is 0.632. The Labute approximate surface area is 97.9 Å². The Morgan fingerprint density at radius 2 is 2.38 bits per heavy atom. The first-order valence-corrected chi connectivity index (χ1v) is 5.80. The number of nitro groups is 1. The largest absolute Gasteiger partial charge is 0.324 e. The summed E-state index contributed by atoms with van der Waals surface area (Å²) in [6.07, 6.45) is 0.908. The van der Waals surface area contributed by atoms with Crippen LogP contribution in [0.5, 0.6) is 0 Å². The molecule has 0 radical (unpaired) electrons. The SMILES string of the molecule is CCC(C)NC(C#N)c1ccc([N+](=O)[O-])s1. The van der Waals surface area contributed by atoms with Gasteiger partial charge >= 0.3 is 5.00 Å². The van der Waals surface area contributed by atoms with E-state index in [0.29, 0.717) is 4.88 Å². The third-order valence-corrected chi connectivity index (χ3v) is 3.37. The van der Waals surface area contributed by atoms with E-state index in [1.165, 1.54) is 6.07 Å². The molecular formula is C10H13N3O2S. The first-order chi connectivity index (χ1) is 7.58. The highest BCUT2D eigenvalue weighted by Gasteiger charge is 2.18. The molecule has 2 atom stereocenters. The number of rotatable bonds is 5. The van der Waals surface area contributed by atoms with Gasteiger partial charge in [0, 0.05) is 17.0 Å². The van der Waals surface area contributed by atoms with Crippen molar-refractivity contribution in [3.05, 3.63) is 27.1 Å². The average molecular weight is 239 g/mol. The van der Waals surface area contributed by atoms with Gasteiger partial charge in [0.05, 0.1) is 11.0 Å². The molecule has 5 nitrogen and oxygen atoms in total. The van der Waals surface area contributed by atoms with E-state index in [1.807, 2.05) is 13.8 Å². The summed E-state index contributed by atoms with van der Waals surface area (Å²) in [6.45, 7) is 4.00. The Kier molecular flexibility index (Phi) is 4.40. The molecule has 1 aromatic rings. The molecule has 0 aromatic carbocycles. The second-order valence-electron chi connectivity index (χ2n) is 3.47. The number of nitriles is 1. The fourth-order valence-electron chi connectivity index (χ4n) is 1.18. The first kappa shape index (κ1) is 12.6. The molecule has 0 amide bonds. The number of nitrogens with one attached hydrogen (secondary N) is 1. The van der Waals surface area contributed by atoms with E-state index in [9.17, 15) is 10.1 Å². The molecule has 1 N–H and O–H groups in total. The Balaban J connectivity index is 2.80. The van der Waals surface area contributed by atoms with Crippen molar-refractivity contribution in [2.24, 2.45) is 0 Å². The molecule has 0 bridgehead atoms. The Hall–Kier alpha value is -1.45. The van der Waals surface area contributed by atoms with Crippen LogP contribution in [0.15, 0.2) is 12.1 Å². The highest BCUT2D eigenvalue weighted by molar-refractivity contribution is 7.15. The van der Waals surface area contributed by atoms with Gasteiger partial charge in [0.1, 0.15) is 6.04 Å². The van der Waals surface area contributed by atoms with Crippen molar-refractivity contribution in [3.8, 4) is 6.07 Å². The van der Waals surface area contributed by atoms with Gasteiger partial charge in [-0.25, -0.2) is 0 Å². The van der Waals surface area contributed by atoms with Crippen molar-refractivity contribution < 1.29 is 4.92 Å². The summed E-state index contributed by atoms with van der Waals surface area (Å²) in [5.74, 6) is 0. The molecule has 2 unspecified atom stereocenters. The van der Waals surface area contributed by atoms with Gasteiger partial charge in [-0.3, -0.25) is 15.4 Å².